The summed E-state index contributed by atoms with van der Waals surface area (Å²) in [6.45, 7) is 18.7. The average molecular weight is 584 g/mol. The molecule has 0 aromatic carbocycles. The lowest BCUT2D eigenvalue weighted by molar-refractivity contribution is -0.0336. The first kappa shape index (κ1) is 33.1. The molecule has 1 N–H and O–H groups in total. The number of aromatic nitrogens is 2. The minimum Gasteiger partial charge on any atom is -0.407 e. The van der Waals surface area contributed by atoms with Crippen LogP contribution in [0, 0.1) is 11.3 Å². The first-order chi connectivity index (χ1) is 18.1. The first-order valence-corrected chi connectivity index (χ1v) is 17.1. The Morgan fingerprint density at radius 3 is 2.44 bits per heavy atom. The van der Waals surface area contributed by atoms with Gasteiger partial charge in [0.25, 0.3) is 14.1 Å². The SMILES string of the molecule is CC(C)N(C(C)C)P(OCCC#N)OC1C(O[Si](C)(C)C(C)(C)C)[C@H](n2ccc(=O)[nH]c2=O)O[C@@H]1CN=[N+]=[N-]. The summed E-state index contributed by atoms with van der Waals surface area (Å²) in [5.74, 6) is 0. The van der Waals surface area contributed by atoms with E-state index in [4.69, 9.17) is 29.0 Å². The number of rotatable bonds is 13. The Morgan fingerprint density at radius 2 is 1.92 bits per heavy atom. The fourth-order valence-corrected chi connectivity index (χ4v) is 7.05. The molecule has 1 aromatic rings. The van der Waals surface area contributed by atoms with Gasteiger partial charge in [-0.2, -0.15) is 5.26 Å². The van der Waals surface area contributed by atoms with Crippen LogP contribution in [0.5, 0.6) is 0 Å². The summed E-state index contributed by atoms with van der Waals surface area (Å²) in [5.41, 5.74) is 7.88. The van der Waals surface area contributed by atoms with Crippen molar-refractivity contribution in [3.05, 3.63) is 43.5 Å². The fraction of sp³-hybridized carbons (Fsp3) is 0.792. The molecule has 3 unspecified atom stereocenters. The number of H-pyrrole nitrogens is 1. The summed E-state index contributed by atoms with van der Waals surface area (Å²) in [6.07, 6.45) is -1.77. The van der Waals surface area contributed by atoms with E-state index in [1.807, 2.05) is 27.7 Å². The van der Waals surface area contributed by atoms with Crippen molar-refractivity contribution in [2.45, 2.75) is 110 Å². The third-order valence-corrected chi connectivity index (χ3v) is 13.4. The molecular formula is C24H42N7O6PSi. The van der Waals surface area contributed by atoms with E-state index in [-0.39, 0.29) is 36.7 Å². The Morgan fingerprint density at radius 1 is 1.28 bits per heavy atom. The lowest BCUT2D eigenvalue weighted by Crippen LogP contribution is -2.50. The van der Waals surface area contributed by atoms with Crippen molar-refractivity contribution in [1.29, 1.82) is 5.26 Å². The zero-order chi connectivity index (χ0) is 29.5. The topological polar surface area (TPSA) is 168 Å². The Labute approximate surface area is 232 Å². The van der Waals surface area contributed by atoms with Crippen LogP contribution < -0.4 is 11.2 Å². The van der Waals surface area contributed by atoms with E-state index in [0.29, 0.717) is 0 Å². The van der Waals surface area contributed by atoms with Crippen LogP contribution in [-0.2, 0) is 18.2 Å². The largest absolute Gasteiger partial charge is 0.407 e. The molecule has 15 heteroatoms. The van der Waals surface area contributed by atoms with Crippen molar-refractivity contribution in [2.75, 3.05) is 13.2 Å². The first-order valence-electron chi connectivity index (χ1n) is 13.0. The lowest BCUT2D eigenvalue weighted by Gasteiger charge is -2.42. The zero-order valence-electron chi connectivity index (χ0n) is 24.3. The average Bonchev–Trinajstić information content (AvgIpc) is 3.12. The molecule has 1 aliphatic heterocycles. The van der Waals surface area contributed by atoms with Gasteiger partial charge in [-0.1, -0.05) is 25.9 Å². The third-order valence-electron chi connectivity index (χ3n) is 6.85. The lowest BCUT2D eigenvalue weighted by atomic mass is 10.1. The summed E-state index contributed by atoms with van der Waals surface area (Å²) in [5, 5.41) is 12.7. The standard InChI is InChI=1S/C24H42N7O6PSi/c1-16(2)31(17(3)4)38(34-14-10-12-25)36-20-18(15-27-29-26)35-22(30-13-11-19(32)28-23(30)33)21(20)37-39(8,9)24(5,6)7/h11,13,16-18,20-22H,10,14-15H2,1-9H3,(H,28,32,33)/t18-,20?,21?,22-,38?/m1/s1. The van der Waals surface area contributed by atoms with Crippen LogP contribution in [-0.4, -0.2) is 66.1 Å². The van der Waals surface area contributed by atoms with E-state index in [9.17, 15) is 9.59 Å². The van der Waals surface area contributed by atoms with Crippen molar-refractivity contribution in [2.24, 2.45) is 5.11 Å². The predicted octanol–water partition coefficient (Wildman–Crippen LogP) is 4.80. The van der Waals surface area contributed by atoms with Gasteiger partial charge in [0, 0.05) is 29.3 Å². The summed E-state index contributed by atoms with van der Waals surface area (Å²) in [7, 11) is -4.18. The van der Waals surface area contributed by atoms with Crippen LogP contribution in [0.2, 0.25) is 18.1 Å². The molecule has 13 nitrogen and oxygen atoms in total. The van der Waals surface area contributed by atoms with Gasteiger partial charge in [-0.25, -0.2) is 9.46 Å². The smallest absolute Gasteiger partial charge is 0.330 e. The van der Waals surface area contributed by atoms with Crippen molar-refractivity contribution in [3.8, 4) is 6.07 Å². The molecule has 1 aromatic heterocycles. The minimum atomic E-state index is -2.47. The molecule has 0 aliphatic carbocycles. The van der Waals surface area contributed by atoms with Crippen molar-refractivity contribution < 1.29 is 18.2 Å². The Bertz CT molecular complexity index is 1150. The molecule has 39 heavy (non-hydrogen) atoms. The maximum absolute atomic E-state index is 12.8. The Kier molecular flexibility index (Phi) is 11.9. The maximum Gasteiger partial charge on any atom is 0.330 e. The van der Waals surface area contributed by atoms with Gasteiger partial charge in [0.05, 0.1) is 31.7 Å². The number of hydrogen-bond donors (Lipinski definition) is 1. The van der Waals surface area contributed by atoms with Gasteiger partial charge in [0.15, 0.2) is 14.5 Å². The van der Waals surface area contributed by atoms with Crippen LogP contribution in [0.15, 0.2) is 27.0 Å². The summed E-state index contributed by atoms with van der Waals surface area (Å²) in [6, 6.07) is 3.43. The second kappa shape index (κ2) is 14.0. The van der Waals surface area contributed by atoms with Gasteiger partial charge >= 0.3 is 5.69 Å². The fourth-order valence-electron chi connectivity index (χ4n) is 3.99. The van der Waals surface area contributed by atoms with E-state index in [1.54, 1.807) is 0 Å². The van der Waals surface area contributed by atoms with Gasteiger partial charge < -0.3 is 18.2 Å². The molecule has 2 heterocycles. The predicted molar refractivity (Wildman–Crippen MR) is 151 cm³/mol. The highest BCUT2D eigenvalue weighted by Gasteiger charge is 2.53. The molecule has 2 rings (SSSR count). The van der Waals surface area contributed by atoms with E-state index in [0.717, 1.165) is 0 Å². The van der Waals surface area contributed by atoms with Gasteiger partial charge in [-0.3, -0.25) is 14.3 Å². The van der Waals surface area contributed by atoms with Gasteiger partial charge in [-0.15, -0.1) is 0 Å². The summed E-state index contributed by atoms with van der Waals surface area (Å²) < 4.78 is 29.4. The Balaban J connectivity index is 2.66. The van der Waals surface area contributed by atoms with Gasteiger partial charge in [0.2, 0.25) is 0 Å². The highest BCUT2D eigenvalue weighted by Crippen LogP contribution is 2.51. The number of aromatic amines is 1. The molecular weight excluding hydrogens is 541 g/mol. The number of nitrogens with one attached hydrogen (secondary N) is 1. The molecule has 1 saturated heterocycles. The molecule has 0 amide bonds. The third kappa shape index (κ3) is 8.46. The normalized spacial score (nSPS) is 22.7. The van der Waals surface area contributed by atoms with Crippen LogP contribution in [0.1, 0.15) is 61.1 Å². The maximum atomic E-state index is 12.8. The van der Waals surface area contributed by atoms with Gasteiger partial charge in [0.1, 0.15) is 12.2 Å². The van der Waals surface area contributed by atoms with Crippen LogP contribution >= 0.6 is 8.53 Å². The molecule has 0 bridgehead atoms. The van der Waals surface area contributed by atoms with Crippen molar-refractivity contribution in [1.82, 2.24) is 14.2 Å². The summed E-state index contributed by atoms with van der Waals surface area (Å²) >= 11 is 0. The second-order valence-electron chi connectivity index (χ2n) is 11.5. The number of azide groups is 1. The number of nitriles is 1. The van der Waals surface area contributed by atoms with Gasteiger partial charge in [-0.05, 0) is 51.4 Å². The van der Waals surface area contributed by atoms with E-state index >= 15 is 0 Å². The van der Waals surface area contributed by atoms with E-state index in [1.165, 1.54) is 16.8 Å². The van der Waals surface area contributed by atoms with Crippen LogP contribution in [0.4, 0.5) is 0 Å². The summed E-state index contributed by atoms with van der Waals surface area (Å²) in [4.78, 5) is 29.8. The number of nitrogens with zero attached hydrogens (tertiary/aromatic N) is 6. The number of hydrogen-bond acceptors (Lipinski definition) is 9. The van der Waals surface area contributed by atoms with Crippen LogP contribution in [0.3, 0.4) is 0 Å². The minimum absolute atomic E-state index is 0.0495. The molecule has 0 saturated carbocycles. The van der Waals surface area contributed by atoms with Crippen molar-refractivity contribution in [3.63, 3.8) is 0 Å². The van der Waals surface area contributed by atoms with E-state index < -0.39 is 52.6 Å². The molecule has 5 atom stereocenters. The number of ether oxygens (including phenoxy) is 1. The molecule has 1 fully saturated rings. The quantitative estimate of drug-likeness (QED) is 0.0863. The Hall–Kier alpha value is -2.07. The second-order valence-corrected chi connectivity index (χ2v) is 17.6. The van der Waals surface area contributed by atoms with Crippen molar-refractivity contribution >= 4 is 16.8 Å². The molecule has 1 aliphatic rings. The molecule has 0 radical (unpaired) electrons. The monoisotopic (exact) mass is 583 g/mol. The van der Waals surface area contributed by atoms with E-state index in [2.05, 4.69) is 59.6 Å². The highest BCUT2D eigenvalue weighted by molar-refractivity contribution is 7.44. The highest BCUT2D eigenvalue weighted by atomic mass is 31.2. The molecule has 218 valence electrons. The zero-order valence-corrected chi connectivity index (χ0v) is 26.2. The molecule has 0 spiro atoms. The van der Waals surface area contributed by atoms with Crippen LogP contribution in [0.25, 0.3) is 10.4 Å².